The zero-order valence-electron chi connectivity index (χ0n) is 17.7. The van der Waals surface area contributed by atoms with Gasteiger partial charge >= 0.3 is 11.9 Å². The van der Waals surface area contributed by atoms with Crippen LogP contribution in [0.4, 0.5) is 13.2 Å². The summed E-state index contributed by atoms with van der Waals surface area (Å²) in [4.78, 5) is 33.1. The second kappa shape index (κ2) is 8.68. The first kappa shape index (κ1) is 23.1. The summed E-state index contributed by atoms with van der Waals surface area (Å²) in [6, 6.07) is 8.45. The maximum atomic E-state index is 13.3. The molecule has 0 saturated heterocycles. The average molecular weight is 488 g/mol. The fourth-order valence-electron chi connectivity index (χ4n) is 3.35. The van der Waals surface area contributed by atoms with Crippen molar-refractivity contribution < 1.29 is 22.6 Å². The molecule has 4 aromatic rings. The molecule has 34 heavy (non-hydrogen) atoms. The molecule has 3 heterocycles. The number of fused-ring (bicyclic) bond motifs is 1. The lowest BCUT2D eigenvalue weighted by molar-refractivity contribution is -0.153. The highest BCUT2D eigenvalue weighted by Gasteiger charge is 2.30. The van der Waals surface area contributed by atoms with E-state index in [0.717, 1.165) is 17.5 Å². The van der Waals surface area contributed by atoms with Crippen LogP contribution in [-0.4, -0.2) is 34.4 Å². The number of nitrogens with one attached hydrogen (secondary N) is 1. The lowest BCUT2D eigenvalue weighted by Gasteiger charge is -2.15. The van der Waals surface area contributed by atoms with Gasteiger partial charge < -0.3 is 14.5 Å². The third-order valence-electron chi connectivity index (χ3n) is 4.86. The van der Waals surface area contributed by atoms with Crippen molar-refractivity contribution in [2.24, 2.45) is 0 Å². The van der Waals surface area contributed by atoms with Crippen molar-refractivity contribution in [3.05, 3.63) is 68.6 Å². The van der Waals surface area contributed by atoms with E-state index in [1.165, 1.54) is 20.2 Å². The largest absolute Gasteiger partial charge is 0.497 e. The molecule has 0 atom stereocenters. The Kier molecular flexibility index (Phi) is 5.89. The van der Waals surface area contributed by atoms with Crippen LogP contribution in [0.5, 0.6) is 11.5 Å². The molecule has 0 aliphatic heterocycles. The quantitative estimate of drug-likeness (QED) is 0.456. The van der Waals surface area contributed by atoms with Crippen molar-refractivity contribution in [2.75, 3.05) is 13.7 Å². The molecule has 0 saturated carbocycles. The van der Waals surface area contributed by atoms with Crippen molar-refractivity contribution in [1.29, 1.82) is 5.26 Å². The van der Waals surface area contributed by atoms with Crippen LogP contribution in [0.1, 0.15) is 11.1 Å². The highest BCUT2D eigenvalue weighted by Crippen LogP contribution is 2.35. The summed E-state index contributed by atoms with van der Waals surface area (Å²) in [7, 11) is 1.47. The molecule has 0 radical (unpaired) electrons. The number of thiophene rings is 1. The number of hydrogen-bond donors (Lipinski definition) is 1. The molecule has 0 aliphatic rings. The molecule has 0 spiro atoms. The molecule has 4 rings (SSSR count). The molecule has 3 aromatic heterocycles. The Bertz CT molecular complexity index is 1560. The second-order valence-corrected chi connectivity index (χ2v) is 8.21. The van der Waals surface area contributed by atoms with Gasteiger partial charge in [-0.1, -0.05) is 0 Å². The highest BCUT2D eigenvalue weighted by molar-refractivity contribution is 7.22. The number of rotatable bonds is 5. The number of aromatic amines is 1. The Balaban J connectivity index is 1.91. The van der Waals surface area contributed by atoms with E-state index in [4.69, 9.17) is 9.47 Å². The van der Waals surface area contributed by atoms with E-state index < -0.39 is 24.0 Å². The van der Waals surface area contributed by atoms with Gasteiger partial charge in [-0.3, -0.25) is 9.78 Å². The summed E-state index contributed by atoms with van der Waals surface area (Å²) in [5, 5.41) is 9.46. The Morgan fingerprint density at radius 3 is 2.68 bits per heavy atom. The smallest absolute Gasteiger partial charge is 0.422 e. The van der Waals surface area contributed by atoms with Crippen molar-refractivity contribution >= 4 is 21.6 Å². The SMILES string of the molecule is COc1ccc(C#N)c(-c2cc3[nH]c(=O)n(-c4cncc(C)c4OCC(F)(F)F)c(=O)c3s2)c1. The third-order valence-corrected chi connectivity index (χ3v) is 6.02. The minimum Gasteiger partial charge on any atom is -0.497 e. The van der Waals surface area contributed by atoms with Crippen LogP contribution in [0.25, 0.3) is 26.3 Å². The Hall–Kier alpha value is -4.11. The van der Waals surface area contributed by atoms with Gasteiger partial charge in [0.05, 0.1) is 30.5 Å². The molecule has 12 heteroatoms. The first-order valence-electron chi connectivity index (χ1n) is 9.65. The van der Waals surface area contributed by atoms with Crippen LogP contribution in [0.3, 0.4) is 0 Å². The predicted octanol–water partition coefficient (Wildman–Crippen LogP) is 3.93. The van der Waals surface area contributed by atoms with E-state index in [9.17, 15) is 28.0 Å². The fraction of sp³-hybridized carbons (Fsp3) is 0.182. The van der Waals surface area contributed by atoms with Gasteiger partial charge in [-0.25, -0.2) is 9.36 Å². The minimum atomic E-state index is -4.62. The molecule has 1 N–H and O–H groups in total. The normalized spacial score (nSPS) is 11.4. The maximum Gasteiger partial charge on any atom is 0.422 e. The van der Waals surface area contributed by atoms with Crippen LogP contribution >= 0.6 is 11.3 Å². The fourth-order valence-corrected chi connectivity index (χ4v) is 4.42. The van der Waals surface area contributed by atoms with Crippen molar-refractivity contribution in [3.63, 3.8) is 0 Å². The molecule has 0 unspecified atom stereocenters. The molecule has 0 fully saturated rings. The first-order valence-corrected chi connectivity index (χ1v) is 10.5. The van der Waals surface area contributed by atoms with E-state index in [1.807, 2.05) is 0 Å². The summed E-state index contributed by atoms with van der Waals surface area (Å²) in [6.07, 6.45) is -2.26. The van der Waals surface area contributed by atoms with Gasteiger partial charge in [0.15, 0.2) is 6.61 Å². The van der Waals surface area contributed by atoms with E-state index in [-0.39, 0.29) is 27.2 Å². The maximum absolute atomic E-state index is 13.3. The lowest BCUT2D eigenvalue weighted by atomic mass is 10.1. The van der Waals surface area contributed by atoms with Gasteiger partial charge in [-0.05, 0) is 31.2 Å². The van der Waals surface area contributed by atoms with Gasteiger partial charge in [0.25, 0.3) is 5.56 Å². The predicted molar refractivity (Wildman–Crippen MR) is 119 cm³/mol. The summed E-state index contributed by atoms with van der Waals surface area (Å²) in [5.41, 5.74) is -0.585. The van der Waals surface area contributed by atoms with Crippen molar-refractivity contribution in [3.8, 4) is 33.7 Å². The van der Waals surface area contributed by atoms with Crippen LogP contribution in [-0.2, 0) is 0 Å². The number of methoxy groups -OCH3 is 1. The monoisotopic (exact) mass is 488 g/mol. The molecule has 0 amide bonds. The molecule has 0 aliphatic carbocycles. The van der Waals surface area contributed by atoms with E-state index in [1.54, 1.807) is 24.3 Å². The second-order valence-electron chi connectivity index (χ2n) is 7.16. The first-order chi connectivity index (χ1) is 16.1. The number of nitrogens with zero attached hydrogens (tertiary/aromatic N) is 3. The molecule has 174 valence electrons. The van der Waals surface area contributed by atoms with Gasteiger partial charge in [-0.15, -0.1) is 11.3 Å². The van der Waals surface area contributed by atoms with Crippen LogP contribution in [0, 0.1) is 18.3 Å². The minimum absolute atomic E-state index is 0.129. The molecule has 1 aromatic carbocycles. The third kappa shape index (κ3) is 4.25. The number of H-pyrrole nitrogens is 1. The zero-order valence-corrected chi connectivity index (χ0v) is 18.5. The Morgan fingerprint density at radius 2 is 2.00 bits per heavy atom. The van der Waals surface area contributed by atoms with Gasteiger partial charge in [0, 0.05) is 22.2 Å². The summed E-state index contributed by atoms with van der Waals surface area (Å²) in [6.45, 7) is -0.148. The van der Waals surface area contributed by atoms with Crippen molar-refractivity contribution in [2.45, 2.75) is 13.1 Å². The average Bonchev–Trinajstić information content (AvgIpc) is 3.21. The van der Waals surface area contributed by atoms with Gasteiger partial charge in [0.1, 0.15) is 21.9 Å². The summed E-state index contributed by atoms with van der Waals surface area (Å²) >= 11 is 1.02. The number of halogens is 3. The summed E-state index contributed by atoms with van der Waals surface area (Å²) in [5.74, 6) is 0.213. The number of benzene rings is 1. The van der Waals surface area contributed by atoms with Crippen LogP contribution < -0.4 is 20.7 Å². The van der Waals surface area contributed by atoms with Crippen LogP contribution in [0.15, 0.2) is 46.2 Å². The zero-order chi connectivity index (χ0) is 24.6. The number of pyridine rings is 1. The van der Waals surface area contributed by atoms with Gasteiger partial charge in [-0.2, -0.15) is 18.4 Å². The lowest BCUT2D eigenvalue weighted by Crippen LogP contribution is -2.33. The van der Waals surface area contributed by atoms with E-state index in [2.05, 4.69) is 16.0 Å². The molecule has 8 nitrogen and oxygen atoms in total. The number of alkyl halides is 3. The summed E-state index contributed by atoms with van der Waals surface area (Å²) < 4.78 is 49.2. The number of aryl methyl sites for hydroxylation is 1. The number of ether oxygens (including phenoxy) is 2. The van der Waals surface area contributed by atoms with E-state index in [0.29, 0.717) is 26.3 Å². The standard InChI is InChI=1S/C22H15F3N4O4S/c1-11-8-27-9-16(18(11)33-10-22(23,24)25)29-20(30)19-15(28-21(29)31)6-17(34-19)14-5-13(32-2)4-3-12(14)7-26/h3-6,8-9H,10H2,1-2H3,(H,28,31). The molecule has 0 bridgehead atoms. The Morgan fingerprint density at radius 1 is 1.24 bits per heavy atom. The topological polar surface area (TPSA) is 110 Å². The number of hydrogen-bond acceptors (Lipinski definition) is 7. The van der Waals surface area contributed by atoms with Crippen LogP contribution in [0.2, 0.25) is 0 Å². The van der Waals surface area contributed by atoms with Crippen molar-refractivity contribution in [1.82, 2.24) is 14.5 Å². The number of aromatic nitrogens is 3. The van der Waals surface area contributed by atoms with Gasteiger partial charge in [0.2, 0.25) is 0 Å². The van der Waals surface area contributed by atoms with E-state index >= 15 is 0 Å². The highest BCUT2D eigenvalue weighted by atomic mass is 32.1. The molecular weight excluding hydrogens is 473 g/mol. The Labute approximate surface area is 193 Å². The number of nitriles is 1. The molecular formula is C22H15F3N4O4S.